The Kier molecular flexibility index (Phi) is 12.5. The molecule has 0 spiro atoms. The van der Waals surface area contributed by atoms with E-state index in [4.69, 9.17) is 10.00 Å². The van der Waals surface area contributed by atoms with Gasteiger partial charge in [0.25, 0.3) is 5.91 Å². The summed E-state index contributed by atoms with van der Waals surface area (Å²) in [7, 11) is 0. The Bertz CT molecular complexity index is 1070. The highest BCUT2D eigenvalue weighted by Gasteiger charge is 2.39. The zero-order valence-corrected chi connectivity index (χ0v) is 23.1. The molecule has 0 heterocycles. The lowest BCUT2D eigenvalue weighted by atomic mass is 9.80. The van der Waals surface area contributed by atoms with Crippen LogP contribution in [0.25, 0.3) is 0 Å². The van der Waals surface area contributed by atoms with Crippen molar-refractivity contribution in [2.45, 2.75) is 84.7 Å². The van der Waals surface area contributed by atoms with Crippen LogP contribution in [0.15, 0.2) is 54.6 Å². The van der Waals surface area contributed by atoms with Crippen LogP contribution in [0.2, 0.25) is 0 Å². The number of unbranched alkanes of at least 4 members (excludes halogenated alkanes) is 4. The van der Waals surface area contributed by atoms with E-state index < -0.39 is 23.5 Å². The predicted molar refractivity (Wildman–Crippen MR) is 148 cm³/mol. The molecule has 38 heavy (non-hydrogen) atoms. The first-order chi connectivity index (χ1) is 18.2. The van der Waals surface area contributed by atoms with Crippen molar-refractivity contribution >= 4 is 17.8 Å². The topological polar surface area (TPSA) is 108 Å². The molecular formula is C31H41N3O4. The molecule has 7 nitrogen and oxygen atoms in total. The second-order valence-electron chi connectivity index (χ2n) is 10.1. The van der Waals surface area contributed by atoms with E-state index in [0.29, 0.717) is 24.0 Å². The molecule has 0 aliphatic rings. The number of amides is 2. The number of benzene rings is 2. The molecule has 2 aromatic carbocycles. The number of hydrogen-bond acceptors (Lipinski definition) is 5. The molecule has 2 N–H and O–H groups in total. The highest BCUT2D eigenvalue weighted by molar-refractivity contribution is 5.95. The van der Waals surface area contributed by atoms with Crippen LogP contribution in [0.3, 0.4) is 0 Å². The molecule has 7 heteroatoms. The van der Waals surface area contributed by atoms with Gasteiger partial charge in [0, 0.05) is 18.0 Å². The first kappa shape index (κ1) is 30.6. The maximum atomic E-state index is 13.6. The lowest BCUT2D eigenvalue weighted by Gasteiger charge is -2.35. The number of nitrogens with one attached hydrogen (secondary N) is 2. The largest absolute Gasteiger partial charge is 0.464 e. The Hall–Kier alpha value is -3.66. The van der Waals surface area contributed by atoms with Crippen LogP contribution in [0.1, 0.15) is 87.7 Å². The predicted octanol–water partition coefficient (Wildman–Crippen LogP) is 5.33. The lowest BCUT2D eigenvalue weighted by Crippen LogP contribution is -2.56. The van der Waals surface area contributed by atoms with Crippen LogP contribution in [0.4, 0.5) is 0 Å². The van der Waals surface area contributed by atoms with Crippen LogP contribution in [-0.4, -0.2) is 36.5 Å². The molecule has 0 aromatic heterocycles. The molecule has 0 bridgehead atoms. The van der Waals surface area contributed by atoms with E-state index in [1.807, 2.05) is 36.4 Å². The Morgan fingerprint density at radius 1 is 0.921 bits per heavy atom. The summed E-state index contributed by atoms with van der Waals surface area (Å²) in [5.74, 6) is -1.12. The Labute approximate surface area is 227 Å². The van der Waals surface area contributed by atoms with Crippen LogP contribution in [-0.2, 0) is 20.7 Å². The average molecular weight is 520 g/mol. The highest BCUT2D eigenvalue weighted by atomic mass is 16.5. The molecule has 2 amide bonds. The van der Waals surface area contributed by atoms with E-state index in [0.717, 1.165) is 37.7 Å². The summed E-state index contributed by atoms with van der Waals surface area (Å²) in [6.07, 6.45) is 6.17. The van der Waals surface area contributed by atoms with E-state index in [1.54, 1.807) is 45.0 Å². The van der Waals surface area contributed by atoms with Gasteiger partial charge in [-0.1, -0.05) is 69.4 Å². The fourth-order valence-electron chi connectivity index (χ4n) is 4.29. The van der Waals surface area contributed by atoms with Crippen LogP contribution in [0.5, 0.6) is 0 Å². The van der Waals surface area contributed by atoms with Crippen molar-refractivity contribution in [2.24, 2.45) is 5.41 Å². The Balaban J connectivity index is 2.22. The lowest BCUT2D eigenvalue weighted by molar-refractivity contribution is -0.148. The van der Waals surface area contributed by atoms with Gasteiger partial charge in [0.15, 0.2) is 0 Å². The first-order valence-corrected chi connectivity index (χ1v) is 13.5. The number of hydrogen-bond donors (Lipinski definition) is 2. The summed E-state index contributed by atoms with van der Waals surface area (Å²) in [6, 6.07) is 16.6. The molecule has 0 saturated carbocycles. The average Bonchev–Trinajstić information content (AvgIpc) is 2.92. The molecular weight excluding hydrogens is 478 g/mol. The van der Waals surface area contributed by atoms with Crippen molar-refractivity contribution in [3.8, 4) is 6.07 Å². The van der Waals surface area contributed by atoms with Gasteiger partial charge in [-0.3, -0.25) is 9.59 Å². The fraction of sp³-hybridized carbons (Fsp3) is 0.484. The standard InChI is InChI=1S/C31H41N3O4/c1-5-7-8-9-13-16-27(34-28(35)25-19-17-24(22-32)18-20-25)31(3,4)30(37)33-26(29(36)38-6-2)21-23-14-11-10-12-15-23/h10-12,14-15,17-20,26-27H,5-9,13,16,21H2,1-4H3,(H,33,37)(H,34,35)/t26-,27?/m0/s1. The number of carbonyl (C=O) groups excluding carboxylic acids is 3. The third kappa shape index (κ3) is 9.33. The molecule has 204 valence electrons. The number of nitrogens with zero attached hydrogens (tertiary/aromatic N) is 1. The van der Waals surface area contributed by atoms with E-state index in [9.17, 15) is 14.4 Å². The van der Waals surface area contributed by atoms with Crippen molar-refractivity contribution in [2.75, 3.05) is 6.61 Å². The fourth-order valence-corrected chi connectivity index (χ4v) is 4.29. The summed E-state index contributed by atoms with van der Waals surface area (Å²) in [5, 5.41) is 15.0. The molecule has 2 aromatic rings. The number of esters is 1. The molecule has 0 saturated heterocycles. The third-order valence-electron chi connectivity index (χ3n) is 6.79. The minimum Gasteiger partial charge on any atom is -0.464 e. The highest BCUT2D eigenvalue weighted by Crippen LogP contribution is 2.27. The van der Waals surface area contributed by atoms with E-state index in [2.05, 4.69) is 17.6 Å². The van der Waals surface area contributed by atoms with Gasteiger partial charge >= 0.3 is 5.97 Å². The monoisotopic (exact) mass is 519 g/mol. The van der Waals surface area contributed by atoms with Crippen molar-refractivity contribution in [3.05, 3.63) is 71.3 Å². The summed E-state index contributed by atoms with van der Waals surface area (Å²) in [6.45, 7) is 7.69. The van der Waals surface area contributed by atoms with Gasteiger partial charge in [-0.25, -0.2) is 4.79 Å². The SMILES string of the molecule is CCCCCCCC(NC(=O)c1ccc(C#N)cc1)C(C)(C)C(=O)N[C@@H](Cc1ccccc1)C(=O)OCC. The van der Waals surface area contributed by atoms with E-state index in [-0.39, 0.29) is 18.4 Å². The molecule has 0 aliphatic heterocycles. The summed E-state index contributed by atoms with van der Waals surface area (Å²) in [4.78, 5) is 39.5. The normalized spacial score (nSPS) is 12.6. The van der Waals surface area contributed by atoms with Gasteiger partial charge in [0.05, 0.1) is 23.7 Å². The van der Waals surface area contributed by atoms with Gasteiger partial charge in [0.2, 0.25) is 5.91 Å². The smallest absolute Gasteiger partial charge is 0.328 e. The van der Waals surface area contributed by atoms with Crippen molar-refractivity contribution < 1.29 is 19.1 Å². The second kappa shape index (κ2) is 15.6. The molecule has 0 aliphatic carbocycles. The van der Waals surface area contributed by atoms with Gasteiger partial charge in [-0.05, 0) is 57.0 Å². The van der Waals surface area contributed by atoms with E-state index in [1.165, 1.54) is 0 Å². The quantitative estimate of drug-likeness (QED) is 0.244. The number of rotatable bonds is 15. The Morgan fingerprint density at radius 3 is 2.18 bits per heavy atom. The number of carbonyl (C=O) groups is 3. The Morgan fingerprint density at radius 2 is 1.58 bits per heavy atom. The van der Waals surface area contributed by atoms with Crippen LogP contribution < -0.4 is 10.6 Å². The van der Waals surface area contributed by atoms with Gasteiger partial charge in [-0.15, -0.1) is 0 Å². The van der Waals surface area contributed by atoms with Crippen LogP contribution in [0, 0.1) is 16.7 Å². The zero-order valence-electron chi connectivity index (χ0n) is 23.1. The maximum Gasteiger partial charge on any atom is 0.328 e. The maximum absolute atomic E-state index is 13.6. The van der Waals surface area contributed by atoms with Crippen LogP contribution >= 0.6 is 0 Å². The molecule has 1 unspecified atom stereocenters. The van der Waals surface area contributed by atoms with Gasteiger partial charge < -0.3 is 15.4 Å². The van der Waals surface area contributed by atoms with Crippen molar-refractivity contribution in [3.63, 3.8) is 0 Å². The number of ether oxygens (including phenoxy) is 1. The summed E-state index contributed by atoms with van der Waals surface area (Å²) >= 11 is 0. The summed E-state index contributed by atoms with van der Waals surface area (Å²) in [5.41, 5.74) is 0.793. The first-order valence-electron chi connectivity index (χ1n) is 13.5. The zero-order chi connectivity index (χ0) is 28.0. The summed E-state index contributed by atoms with van der Waals surface area (Å²) < 4.78 is 5.25. The molecule has 0 fully saturated rings. The minimum atomic E-state index is -1.01. The van der Waals surface area contributed by atoms with Gasteiger partial charge in [-0.2, -0.15) is 5.26 Å². The second-order valence-corrected chi connectivity index (χ2v) is 10.1. The molecule has 2 atom stereocenters. The van der Waals surface area contributed by atoms with Gasteiger partial charge in [0.1, 0.15) is 6.04 Å². The molecule has 2 rings (SSSR count). The van der Waals surface area contributed by atoms with Crippen molar-refractivity contribution in [1.82, 2.24) is 10.6 Å². The van der Waals surface area contributed by atoms with E-state index >= 15 is 0 Å². The minimum absolute atomic E-state index is 0.213. The third-order valence-corrected chi connectivity index (χ3v) is 6.79. The van der Waals surface area contributed by atoms with Crippen molar-refractivity contribution in [1.29, 1.82) is 5.26 Å². The number of nitriles is 1. The molecule has 0 radical (unpaired) electrons.